The monoisotopic (exact) mass is 594 g/mol. The van der Waals surface area contributed by atoms with Crippen molar-refractivity contribution >= 4 is 17.3 Å². The Balaban J connectivity index is 1.23. The Kier molecular flexibility index (Phi) is 6.25. The maximum absolute atomic E-state index is 17.5. The summed E-state index contributed by atoms with van der Waals surface area (Å²) in [7, 11) is 0. The van der Waals surface area contributed by atoms with Gasteiger partial charge in [0.25, 0.3) is 0 Å². The van der Waals surface area contributed by atoms with Crippen LogP contribution in [0.1, 0.15) is 50.5 Å². The van der Waals surface area contributed by atoms with Crippen molar-refractivity contribution in [2.45, 2.75) is 75.6 Å². The number of halogens is 2. The van der Waals surface area contributed by atoms with Gasteiger partial charge in [-0.1, -0.05) is 25.1 Å². The minimum absolute atomic E-state index is 0.0380. The van der Waals surface area contributed by atoms with Crippen molar-refractivity contribution in [3.8, 4) is 0 Å². The molecule has 4 aliphatic carbocycles. The van der Waals surface area contributed by atoms with Crippen molar-refractivity contribution < 1.29 is 38.1 Å². The van der Waals surface area contributed by atoms with Crippen LogP contribution in [0.25, 0.3) is 0 Å². The summed E-state index contributed by atoms with van der Waals surface area (Å²) in [6.45, 7) is 3.03. The highest BCUT2D eigenvalue weighted by Crippen LogP contribution is 2.72. The highest BCUT2D eigenvalue weighted by molar-refractivity contribution is 6.01. The molecule has 2 aromatic rings. The van der Waals surface area contributed by atoms with E-state index in [1.54, 1.807) is 6.92 Å². The van der Waals surface area contributed by atoms with E-state index in [9.17, 15) is 19.8 Å². The van der Waals surface area contributed by atoms with Crippen molar-refractivity contribution in [1.29, 1.82) is 0 Å². The number of allylic oxidation sites excluding steroid dienone is 4. The first-order valence-corrected chi connectivity index (χ1v) is 14.8. The van der Waals surface area contributed by atoms with Crippen LogP contribution in [0, 0.1) is 22.7 Å². The van der Waals surface area contributed by atoms with Gasteiger partial charge in [-0.3, -0.25) is 9.59 Å². The lowest BCUT2D eigenvalue weighted by atomic mass is 9.44. The van der Waals surface area contributed by atoms with Crippen LogP contribution in [0.3, 0.4) is 0 Å². The summed E-state index contributed by atoms with van der Waals surface area (Å²) in [4.78, 5) is 25.8. The van der Waals surface area contributed by atoms with Crippen molar-refractivity contribution in [2.24, 2.45) is 22.7 Å². The molecule has 0 radical (unpaired) electrons. The van der Waals surface area contributed by atoms with Gasteiger partial charge < -0.3 is 30.0 Å². The van der Waals surface area contributed by atoms with Gasteiger partial charge in [0.2, 0.25) is 0 Å². The SMILES string of the molecule is C[C@]12C=CC(=O)C=C1[C@@H](F)C[C@H]1[C@@H]3C[C@H]4O[C@@H](c5ccn(Cc6cccc(N)c6)c5)O[C@@]4(C(=O)CO)[C@@]3(C)C[C@H](O)[C@@]12F. The molecule has 3 saturated carbocycles. The second kappa shape index (κ2) is 9.41. The molecule has 10 atom stereocenters. The molecule has 5 aliphatic rings. The van der Waals surface area contributed by atoms with Crippen molar-refractivity contribution in [3.05, 3.63) is 77.7 Å². The first-order chi connectivity index (χ1) is 20.4. The van der Waals surface area contributed by atoms with Crippen LogP contribution in [-0.4, -0.2) is 62.6 Å². The molecular weight excluding hydrogens is 558 g/mol. The van der Waals surface area contributed by atoms with Crippen LogP contribution >= 0.6 is 0 Å². The van der Waals surface area contributed by atoms with Crippen LogP contribution in [0.5, 0.6) is 0 Å². The van der Waals surface area contributed by atoms with Gasteiger partial charge in [-0.2, -0.15) is 0 Å². The molecule has 1 saturated heterocycles. The molecule has 0 amide bonds. The normalized spacial score (nSPS) is 43.0. The molecule has 8 nitrogen and oxygen atoms in total. The minimum atomic E-state index is -2.29. The van der Waals surface area contributed by atoms with Crippen molar-refractivity contribution in [3.63, 3.8) is 0 Å². The molecule has 4 fully saturated rings. The first-order valence-electron chi connectivity index (χ1n) is 14.8. The van der Waals surface area contributed by atoms with Gasteiger partial charge in [0, 0.05) is 46.9 Å². The molecule has 1 aliphatic heterocycles. The Morgan fingerprint density at radius 3 is 2.74 bits per heavy atom. The number of anilines is 1. The number of aliphatic hydroxyl groups is 2. The summed E-state index contributed by atoms with van der Waals surface area (Å²) >= 11 is 0. The molecule has 0 unspecified atom stereocenters. The Morgan fingerprint density at radius 1 is 1.21 bits per heavy atom. The fourth-order valence-corrected chi connectivity index (χ4v) is 9.31. The number of ketones is 2. The second-order valence-electron chi connectivity index (χ2n) is 13.3. The number of alkyl halides is 2. The molecule has 228 valence electrons. The number of Topliss-reactive ketones (excluding diaryl/α,β-unsaturated/α-hetero) is 1. The number of carbonyl (C=O) groups is 2. The first kappa shape index (κ1) is 28.6. The largest absolute Gasteiger partial charge is 0.399 e. The summed E-state index contributed by atoms with van der Waals surface area (Å²) in [5, 5.41) is 21.8. The number of nitrogen functional groups attached to an aromatic ring is 1. The number of fused-ring (bicyclic) bond motifs is 7. The standard InChI is InChI=1S/C33H36F2N2O6/c1-30-8-6-21(39)11-24(30)25(34)12-23-22-13-28-33(27(41)17-38,31(22,2)14-26(40)32(23,30)35)43-29(42-28)19-7-9-37(16-19)15-18-4-3-5-20(36)10-18/h3-11,16,22-23,25-26,28-29,38,40H,12-15,17,36H2,1-2H3/t22-,23-,25-,26-,28+,29+,30-,31-,32-,33+/m0/s1. The fourth-order valence-electron chi connectivity index (χ4n) is 9.31. The Morgan fingerprint density at radius 2 is 2.00 bits per heavy atom. The van der Waals surface area contributed by atoms with E-state index in [1.807, 2.05) is 47.3 Å². The van der Waals surface area contributed by atoms with Gasteiger partial charge in [-0.25, -0.2) is 8.78 Å². The lowest BCUT2D eigenvalue weighted by Gasteiger charge is -2.63. The number of nitrogens with two attached hydrogens (primary N) is 1. The smallest absolute Gasteiger partial charge is 0.193 e. The van der Waals surface area contributed by atoms with E-state index in [4.69, 9.17) is 15.2 Å². The third kappa shape index (κ3) is 3.67. The predicted octanol–water partition coefficient (Wildman–Crippen LogP) is 3.76. The highest BCUT2D eigenvalue weighted by Gasteiger charge is 2.80. The van der Waals surface area contributed by atoms with Crippen molar-refractivity contribution in [2.75, 3.05) is 12.3 Å². The zero-order valence-electron chi connectivity index (χ0n) is 24.1. The maximum Gasteiger partial charge on any atom is 0.193 e. The summed E-state index contributed by atoms with van der Waals surface area (Å²) < 4.78 is 48.2. The summed E-state index contributed by atoms with van der Waals surface area (Å²) in [5.74, 6) is -2.61. The summed E-state index contributed by atoms with van der Waals surface area (Å²) in [6.07, 6.45) is 2.30. The molecule has 43 heavy (non-hydrogen) atoms. The Hall–Kier alpha value is -3.18. The van der Waals surface area contributed by atoms with E-state index in [-0.39, 0.29) is 24.8 Å². The average Bonchev–Trinajstić information content (AvgIpc) is 3.64. The number of aliphatic hydroxyl groups excluding tert-OH is 2. The van der Waals surface area contributed by atoms with Gasteiger partial charge in [-0.15, -0.1) is 0 Å². The number of aromatic nitrogens is 1. The molecule has 4 N–H and O–H groups in total. The lowest BCUT2D eigenvalue weighted by molar-refractivity contribution is -0.235. The molecule has 2 heterocycles. The quantitative estimate of drug-likeness (QED) is 0.451. The van der Waals surface area contributed by atoms with Crippen LogP contribution in [0.15, 0.2) is 66.5 Å². The van der Waals surface area contributed by atoms with E-state index in [1.165, 1.54) is 19.1 Å². The van der Waals surface area contributed by atoms with Gasteiger partial charge >= 0.3 is 0 Å². The molecule has 1 aromatic heterocycles. The van der Waals surface area contributed by atoms with Crippen LogP contribution in [0.4, 0.5) is 14.5 Å². The second-order valence-corrected chi connectivity index (χ2v) is 13.3. The Labute approximate surface area is 248 Å². The molecule has 0 bridgehead atoms. The summed E-state index contributed by atoms with van der Waals surface area (Å²) in [5.41, 5.74) is 1.63. The lowest BCUT2D eigenvalue weighted by Crippen LogP contribution is -2.70. The molecule has 7 rings (SSSR count). The maximum atomic E-state index is 17.5. The number of ether oxygens (including phenoxy) is 2. The zero-order valence-corrected chi connectivity index (χ0v) is 24.1. The van der Waals surface area contributed by atoms with Gasteiger partial charge in [0.15, 0.2) is 29.1 Å². The van der Waals surface area contributed by atoms with Gasteiger partial charge in [0.05, 0.1) is 12.2 Å². The number of nitrogens with zero attached hydrogens (tertiary/aromatic N) is 1. The fraction of sp³-hybridized carbons (Fsp3) is 0.515. The number of benzene rings is 1. The third-order valence-electron chi connectivity index (χ3n) is 11.3. The van der Waals surface area contributed by atoms with Crippen LogP contribution in [-0.2, 0) is 25.6 Å². The van der Waals surface area contributed by atoms with Crippen LogP contribution < -0.4 is 5.73 Å². The molecule has 1 aromatic carbocycles. The highest BCUT2D eigenvalue weighted by atomic mass is 19.1. The van der Waals surface area contributed by atoms with Crippen LogP contribution in [0.2, 0.25) is 0 Å². The third-order valence-corrected chi connectivity index (χ3v) is 11.3. The van der Waals surface area contributed by atoms with E-state index in [0.717, 1.165) is 11.6 Å². The Bertz CT molecular complexity index is 1570. The predicted molar refractivity (Wildman–Crippen MR) is 152 cm³/mol. The number of rotatable bonds is 5. The number of hydrogen-bond donors (Lipinski definition) is 3. The topological polar surface area (TPSA) is 124 Å². The van der Waals surface area contributed by atoms with E-state index < -0.39 is 76.8 Å². The number of carbonyl (C=O) groups excluding carboxylic acids is 2. The van der Waals surface area contributed by atoms with Gasteiger partial charge in [0.1, 0.15) is 12.8 Å². The molecule has 0 spiro atoms. The summed E-state index contributed by atoms with van der Waals surface area (Å²) in [6, 6.07) is 9.37. The van der Waals surface area contributed by atoms with E-state index in [0.29, 0.717) is 17.8 Å². The number of hydrogen-bond acceptors (Lipinski definition) is 7. The van der Waals surface area contributed by atoms with Crippen molar-refractivity contribution in [1.82, 2.24) is 4.57 Å². The zero-order chi connectivity index (χ0) is 30.5. The van der Waals surface area contributed by atoms with E-state index in [2.05, 4.69) is 0 Å². The minimum Gasteiger partial charge on any atom is -0.399 e. The molecular formula is C33H36F2N2O6. The van der Waals surface area contributed by atoms with Gasteiger partial charge in [-0.05, 0) is 73.6 Å². The van der Waals surface area contributed by atoms with E-state index >= 15 is 8.78 Å². The molecule has 10 heteroatoms. The average molecular weight is 595 g/mol.